The lowest BCUT2D eigenvalue weighted by Gasteiger charge is -2.49. The molecule has 0 bridgehead atoms. The van der Waals surface area contributed by atoms with Gasteiger partial charge in [-0.15, -0.1) is 0 Å². The van der Waals surface area contributed by atoms with Crippen molar-refractivity contribution in [2.75, 3.05) is 0 Å². The SMILES string of the molecule is C[C@@H]1C(=O)C(C#N)C[C@]2(C)c3c(c(Br)nn3C)CC[C@@H]12. The second-order valence-electron chi connectivity index (χ2n) is 6.38. The molecular formula is C15H18BrN3O. The van der Waals surface area contributed by atoms with Crippen LogP contribution in [0.15, 0.2) is 4.60 Å². The minimum atomic E-state index is -0.481. The Morgan fingerprint density at radius 1 is 1.55 bits per heavy atom. The highest BCUT2D eigenvalue weighted by Gasteiger charge is 2.53. The molecule has 1 saturated carbocycles. The van der Waals surface area contributed by atoms with Crippen LogP contribution in [0.4, 0.5) is 0 Å². The van der Waals surface area contributed by atoms with E-state index in [1.54, 1.807) is 0 Å². The van der Waals surface area contributed by atoms with E-state index in [0.717, 1.165) is 17.4 Å². The Morgan fingerprint density at radius 2 is 2.25 bits per heavy atom. The molecule has 2 aliphatic carbocycles. The zero-order chi connectivity index (χ0) is 14.7. The van der Waals surface area contributed by atoms with Gasteiger partial charge >= 0.3 is 0 Å². The van der Waals surface area contributed by atoms with Crippen molar-refractivity contribution in [1.82, 2.24) is 9.78 Å². The summed E-state index contributed by atoms with van der Waals surface area (Å²) in [6, 6.07) is 2.21. The lowest BCUT2D eigenvalue weighted by atomic mass is 9.54. The van der Waals surface area contributed by atoms with Crippen molar-refractivity contribution < 1.29 is 4.79 Å². The minimum absolute atomic E-state index is 0.0415. The molecule has 20 heavy (non-hydrogen) atoms. The van der Waals surface area contributed by atoms with E-state index in [0.29, 0.717) is 12.3 Å². The van der Waals surface area contributed by atoms with Gasteiger partial charge in [0.1, 0.15) is 10.5 Å². The molecule has 0 aromatic carbocycles. The Hall–Kier alpha value is -1.15. The summed E-state index contributed by atoms with van der Waals surface area (Å²) >= 11 is 3.54. The zero-order valence-electron chi connectivity index (χ0n) is 12.0. The molecule has 4 atom stereocenters. The maximum atomic E-state index is 12.3. The lowest BCUT2D eigenvalue weighted by molar-refractivity contribution is -0.132. The Kier molecular flexibility index (Phi) is 3.06. The van der Waals surface area contributed by atoms with E-state index >= 15 is 0 Å². The highest BCUT2D eigenvalue weighted by molar-refractivity contribution is 9.10. The molecular weight excluding hydrogens is 318 g/mol. The van der Waals surface area contributed by atoms with Crippen LogP contribution in [-0.4, -0.2) is 15.6 Å². The number of nitrogens with zero attached hydrogens (tertiary/aromatic N) is 3. The molecule has 1 heterocycles. The molecule has 1 aromatic rings. The first-order chi connectivity index (χ1) is 9.40. The molecule has 1 fully saturated rings. The average molecular weight is 336 g/mol. The molecule has 0 saturated heterocycles. The van der Waals surface area contributed by atoms with Gasteiger partial charge in [0.15, 0.2) is 5.78 Å². The normalized spacial score (nSPS) is 36.1. The Bertz CT molecular complexity index is 630. The number of Topliss-reactive ketones (excluding diaryl/α,β-unsaturated/α-hetero) is 1. The first-order valence-corrected chi connectivity index (χ1v) is 7.84. The monoisotopic (exact) mass is 335 g/mol. The summed E-state index contributed by atoms with van der Waals surface area (Å²) in [7, 11) is 1.96. The summed E-state index contributed by atoms with van der Waals surface area (Å²) in [6.45, 7) is 4.20. The van der Waals surface area contributed by atoms with E-state index < -0.39 is 5.92 Å². The summed E-state index contributed by atoms with van der Waals surface area (Å²) in [5, 5.41) is 13.8. The molecule has 5 heteroatoms. The highest BCUT2D eigenvalue weighted by Crippen LogP contribution is 2.53. The van der Waals surface area contributed by atoms with E-state index in [9.17, 15) is 10.1 Å². The number of carbonyl (C=O) groups is 1. The topological polar surface area (TPSA) is 58.7 Å². The van der Waals surface area contributed by atoms with Crippen LogP contribution in [0, 0.1) is 29.1 Å². The van der Waals surface area contributed by atoms with Crippen LogP contribution in [0.25, 0.3) is 0 Å². The fraction of sp³-hybridized carbons (Fsp3) is 0.667. The van der Waals surface area contributed by atoms with Crippen LogP contribution in [0.2, 0.25) is 0 Å². The Morgan fingerprint density at radius 3 is 2.90 bits per heavy atom. The highest BCUT2D eigenvalue weighted by atomic mass is 79.9. The number of fused-ring (bicyclic) bond motifs is 3. The van der Waals surface area contributed by atoms with Gasteiger partial charge in [0.05, 0.1) is 6.07 Å². The molecule has 0 amide bonds. The maximum Gasteiger partial charge on any atom is 0.153 e. The molecule has 2 aliphatic rings. The molecule has 0 N–H and O–H groups in total. The summed E-state index contributed by atoms with van der Waals surface area (Å²) in [4.78, 5) is 12.3. The number of aromatic nitrogens is 2. The van der Waals surface area contributed by atoms with Gasteiger partial charge in [-0.3, -0.25) is 9.48 Å². The summed E-state index contributed by atoms with van der Waals surface area (Å²) in [6.07, 6.45) is 2.58. The third kappa shape index (κ3) is 1.64. The van der Waals surface area contributed by atoms with Gasteiger partial charge in [-0.2, -0.15) is 10.4 Å². The molecule has 1 aromatic heterocycles. The van der Waals surface area contributed by atoms with Crippen molar-refractivity contribution in [2.24, 2.45) is 24.8 Å². The van der Waals surface area contributed by atoms with Gasteiger partial charge in [0, 0.05) is 29.6 Å². The van der Waals surface area contributed by atoms with Gasteiger partial charge < -0.3 is 0 Å². The van der Waals surface area contributed by atoms with Gasteiger partial charge in [-0.25, -0.2) is 0 Å². The molecule has 1 unspecified atom stereocenters. The van der Waals surface area contributed by atoms with Gasteiger partial charge in [0.25, 0.3) is 0 Å². The fourth-order valence-corrected chi connectivity index (χ4v) is 5.09. The number of carbonyl (C=O) groups excluding carboxylic acids is 1. The van der Waals surface area contributed by atoms with Crippen LogP contribution in [0.5, 0.6) is 0 Å². The Balaban J connectivity index is 2.16. The smallest absolute Gasteiger partial charge is 0.153 e. The second kappa shape index (κ2) is 4.42. The van der Waals surface area contributed by atoms with Gasteiger partial charge in [-0.05, 0) is 41.1 Å². The quantitative estimate of drug-likeness (QED) is 0.732. The third-order valence-corrected chi connectivity index (χ3v) is 5.98. The van der Waals surface area contributed by atoms with Gasteiger partial charge in [0.2, 0.25) is 0 Å². The Labute approximate surface area is 127 Å². The standard InChI is InChI=1S/C15H18BrN3O/c1-8-11-5-4-10-13(19(3)18-14(10)16)15(11,2)6-9(7-17)12(8)20/h8-9,11H,4-6H2,1-3H3/t8-,9?,11-,15-/m0/s1. The summed E-state index contributed by atoms with van der Waals surface area (Å²) in [5.74, 6) is -0.0832. The largest absolute Gasteiger partial charge is 0.298 e. The van der Waals surface area contributed by atoms with Crippen molar-refractivity contribution >= 4 is 21.7 Å². The number of aryl methyl sites for hydroxylation is 1. The fourth-order valence-electron chi connectivity index (χ4n) is 4.46. The first kappa shape index (κ1) is 13.8. The molecule has 0 spiro atoms. The summed E-state index contributed by atoms with van der Waals surface area (Å²) in [5.41, 5.74) is 2.33. The number of halogens is 1. The molecule has 0 aliphatic heterocycles. The van der Waals surface area contributed by atoms with E-state index in [4.69, 9.17) is 0 Å². The molecule has 3 rings (SSSR count). The molecule has 4 nitrogen and oxygen atoms in total. The predicted octanol–water partition coefficient (Wildman–Crippen LogP) is 2.75. The maximum absolute atomic E-state index is 12.3. The van der Waals surface area contributed by atoms with E-state index in [1.807, 2.05) is 18.7 Å². The number of ketones is 1. The molecule has 0 radical (unpaired) electrons. The lowest BCUT2D eigenvalue weighted by Crippen LogP contribution is -2.50. The first-order valence-electron chi connectivity index (χ1n) is 7.05. The third-order valence-electron chi connectivity index (χ3n) is 5.34. The summed E-state index contributed by atoms with van der Waals surface area (Å²) < 4.78 is 2.84. The van der Waals surface area contributed by atoms with E-state index in [2.05, 4.69) is 34.0 Å². The second-order valence-corrected chi connectivity index (χ2v) is 7.13. The molecule has 106 valence electrons. The van der Waals surface area contributed by atoms with Crippen molar-refractivity contribution in [1.29, 1.82) is 5.26 Å². The van der Waals surface area contributed by atoms with Crippen molar-refractivity contribution in [2.45, 2.75) is 38.5 Å². The number of nitriles is 1. The zero-order valence-corrected chi connectivity index (χ0v) is 13.6. The van der Waals surface area contributed by atoms with Crippen LogP contribution >= 0.6 is 15.9 Å². The van der Waals surface area contributed by atoms with Crippen LogP contribution in [0.1, 0.15) is 37.9 Å². The van der Waals surface area contributed by atoms with Crippen molar-refractivity contribution in [3.05, 3.63) is 15.9 Å². The van der Waals surface area contributed by atoms with Crippen LogP contribution in [-0.2, 0) is 23.7 Å². The average Bonchev–Trinajstić information content (AvgIpc) is 2.70. The van der Waals surface area contributed by atoms with Crippen LogP contribution < -0.4 is 0 Å². The van der Waals surface area contributed by atoms with Crippen LogP contribution in [0.3, 0.4) is 0 Å². The number of rotatable bonds is 0. The van der Waals surface area contributed by atoms with E-state index in [-0.39, 0.29) is 17.1 Å². The number of hydrogen-bond acceptors (Lipinski definition) is 3. The predicted molar refractivity (Wildman–Crippen MR) is 78.0 cm³/mol. The van der Waals surface area contributed by atoms with Gasteiger partial charge in [-0.1, -0.05) is 13.8 Å². The minimum Gasteiger partial charge on any atom is -0.298 e. The number of hydrogen-bond donors (Lipinski definition) is 0. The van der Waals surface area contributed by atoms with Crippen molar-refractivity contribution in [3.8, 4) is 6.07 Å². The van der Waals surface area contributed by atoms with Crippen molar-refractivity contribution in [3.63, 3.8) is 0 Å². The van der Waals surface area contributed by atoms with E-state index in [1.165, 1.54) is 11.3 Å².